The van der Waals surface area contributed by atoms with E-state index in [4.69, 9.17) is 5.21 Å². The smallest absolute Gasteiger partial charge is 0.321 e. The lowest BCUT2D eigenvalue weighted by atomic mass is 10.1. The predicted octanol–water partition coefficient (Wildman–Crippen LogP) is 1.19. The summed E-state index contributed by atoms with van der Waals surface area (Å²) >= 11 is 0. The Kier molecular flexibility index (Phi) is 7.49. The molecule has 2 aliphatic heterocycles. The van der Waals surface area contributed by atoms with E-state index in [1.165, 1.54) is 4.90 Å². The minimum Gasteiger partial charge on any atom is -0.341 e. The first-order valence-electron chi connectivity index (χ1n) is 9.35. The number of amides is 4. The Balaban J connectivity index is 2.05. The molecular formula is C17H30N4O4. The van der Waals surface area contributed by atoms with Gasteiger partial charge in [-0.3, -0.25) is 14.8 Å². The lowest BCUT2D eigenvalue weighted by molar-refractivity contribution is -0.136. The fraction of sp³-hybridized carbons (Fsp3) is 0.824. The number of carbonyl (C=O) groups is 3. The summed E-state index contributed by atoms with van der Waals surface area (Å²) < 4.78 is 0. The molecule has 8 nitrogen and oxygen atoms in total. The second kappa shape index (κ2) is 9.60. The van der Waals surface area contributed by atoms with Crippen molar-refractivity contribution in [3.8, 4) is 0 Å². The van der Waals surface area contributed by atoms with Crippen molar-refractivity contribution < 1.29 is 19.6 Å². The van der Waals surface area contributed by atoms with E-state index in [0.29, 0.717) is 19.5 Å². The first-order valence-corrected chi connectivity index (χ1v) is 9.35. The molecule has 2 N–H and O–H groups in total. The highest BCUT2D eigenvalue weighted by Gasteiger charge is 2.38. The zero-order valence-electron chi connectivity index (χ0n) is 15.1. The average molecular weight is 354 g/mol. The van der Waals surface area contributed by atoms with Crippen molar-refractivity contribution in [3.63, 3.8) is 0 Å². The van der Waals surface area contributed by atoms with Crippen molar-refractivity contribution in [3.05, 3.63) is 0 Å². The van der Waals surface area contributed by atoms with Crippen molar-refractivity contribution in [1.29, 1.82) is 0 Å². The first kappa shape index (κ1) is 19.5. The lowest BCUT2D eigenvalue weighted by Gasteiger charge is -2.35. The van der Waals surface area contributed by atoms with E-state index in [-0.39, 0.29) is 18.5 Å². The molecule has 0 saturated carbocycles. The standard InChI is InChI=1S/C17H30N4O4/c1-2-3-9-20(13-15(22)18-25)17(24)21-12-7-8-14(21)16(23)19-10-5-4-6-11-19/h14,25H,2-13H2,1H3,(H,18,22)/t14-/m0/s1. The van der Waals surface area contributed by atoms with Crippen molar-refractivity contribution in [2.24, 2.45) is 0 Å². The number of rotatable bonds is 6. The van der Waals surface area contributed by atoms with E-state index < -0.39 is 11.9 Å². The van der Waals surface area contributed by atoms with Crippen LogP contribution in [0.15, 0.2) is 0 Å². The summed E-state index contributed by atoms with van der Waals surface area (Å²) in [4.78, 5) is 42.2. The van der Waals surface area contributed by atoms with Crippen LogP contribution in [-0.4, -0.2) is 76.5 Å². The number of carbonyl (C=O) groups excluding carboxylic acids is 3. The van der Waals surface area contributed by atoms with Crippen molar-refractivity contribution in [1.82, 2.24) is 20.2 Å². The molecule has 0 radical (unpaired) electrons. The van der Waals surface area contributed by atoms with Gasteiger partial charge in [0.05, 0.1) is 0 Å². The van der Waals surface area contributed by atoms with Gasteiger partial charge < -0.3 is 14.7 Å². The van der Waals surface area contributed by atoms with Crippen LogP contribution in [0.1, 0.15) is 51.9 Å². The molecule has 0 spiro atoms. The number of nitrogens with one attached hydrogen (secondary N) is 1. The fourth-order valence-electron chi connectivity index (χ4n) is 3.56. The van der Waals surface area contributed by atoms with Gasteiger partial charge in [0.15, 0.2) is 0 Å². The number of urea groups is 1. The van der Waals surface area contributed by atoms with Crippen LogP contribution in [0, 0.1) is 0 Å². The van der Waals surface area contributed by atoms with Crippen molar-refractivity contribution >= 4 is 17.8 Å². The summed E-state index contributed by atoms with van der Waals surface area (Å²) in [6.45, 7) is 4.31. The van der Waals surface area contributed by atoms with Gasteiger partial charge >= 0.3 is 6.03 Å². The summed E-state index contributed by atoms with van der Waals surface area (Å²) in [5.41, 5.74) is 1.58. The van der Waals surface area contributed by atoms with E-state index in [9.17, 15) is 14.4 Å². The van der Waals surface area contributed by atoms with Crippen LogP contribution in [0.4, 0.5) is 4.79 Å². The first-order chi connectivity index (χ1) is 12.1. The number of hydroxylamine groups is 1. The van der Waals surface area contributed by atoms with Crippen LogP contribution in [0.5, 0.6) is 0 Å². The molecule has 2 aliphatic rings. The van der Waals surface area contributed by atoms with Crippen LogP contribution < -0.4 is 5.48 Å². The Morgan fingerprint density at radius 3 is 2.48 bits per heavy atom. The number of hydrogen-bond acceptors (Lipinski definition) is 4. The molecule has 2 fully saturated rings. The normalized spacial score (nSPS) is 20.5. The highest BCUT2D eigenvalue weighted by atomic mass is 16.5. The lowest BCUT2D eigenvalue weighted by Crippen LogP contribution is -2.54. The summed E-state index contributed by atoms with van der Waals surface area (Å²) in [7, 11) is 0. The molecule has 2 rings (SSSR count). The maximum absolute atomic E-state index is 12.9. The molecule has 0 aliphatic carbocycles. The third-order valence-corrected chi connectivity index (χ3v) is 4.96. The molecule has 0 aromatic carbocycles. The summed E-state index contributed by atoms with van der Waals surface area (Å²) in [6, 6.07) is -0.711. The van der Waals surface area contributed by atoms with E-state index in [2.05, 4.69) is 0 Å². The fourth-order valence-corrected chi connectivity index (χ4v) is 3.56. The van der Waals surface area contributed by atoms with Crippen LogP contribution in [0.25, 0.3) is 0 Å². The SMILES string of the molecule is CCCCN(CC(=O)NO)C(=O)N1CCC[C@H]1C(=O)N1CCCCC1. The molecule has 0 bridgehead atoms. The Hall–Kier alpha value is -1.83. The topological polar surface area (TPSA) is 93.2 Å². The maximum atomic E-state index is 12.9. The second-order valence-electron chi connectivity index (χ2n) is 6.83. The van der Waals surface area contributed by atoms with E-state index in [0.717, 1.165) is 51.6 Å². The third-order valence-electron chi connectivity index (χ3n) is 4.96. The summed E-state index contributed by atoms with van der Waals surface area (Å²) in [5, 5.41) is 8.75. The predicted molar refractivity (Wildman–Crippen MR) is 92.0 cm³/mol. The molecule has 0 aromatic rings. The minimum absolute atomic E-state index is 0.0348. The van der Waals surface area contributed by atoms with Gasteiger partial charge in [0.2, 0.25) is 5.91 Å². The molecular weight excluding hydrogens is 324 g/mol. The van der Waals surface area contributed by atoms with Crippen molar-refractivity contribution in [2.75, 3.05) is 32.7 Å². The van der Waals surface area contributed by atoms with Gasteiger partial charge in [-0.2, -0.15) is 0 Å². The number of piperidine rings is 1. The van der Waals surface area contributed by atoms with Gasteiger partial charge in [0.25, 0.3) is 5.91 Å². The van der Waals surface area contributed by atoms with Gasteiger partial charge in [-0.15, -0.1) is 0 Å². The summed E-state index contributed by atoms with van der Waals surface area (Å²) in [6.07, 6.45) is 6.32. The Morgan fingerprint density at radius 1 is 1.12 bits per heavy atom. The van der Waals surface area contributed by atoms with Crippen LogP contribution in [-0.2, 0) is 9.59 Å². The van der Waals surface area contributed by atoms with Gasteiger partial charge in [-0.25, -0.2) is 10.3 Å². The van der Waals surface area contributed by atoms with E-state index in [1.807, 2.05) is 11.8 Å². The maximum Gasteiger partial charge on any atom is 0.321 e. The number of unbranched alkanes of at least 4 members (excludes halogenated alkanes) is 1. The van der Waals surface area contributed by atoms with Crippen LogP contribution in [0.2, 0.25) is 0 Å². The third kappa shape index (κ3) is 5.07. The molecule has 0 unspecified atom stereocenters. The average Bonchev–Trinajstić information content (AvgIpc) is 3.14. The largest absolute Gasteiger partial charge is 0.341 e. The van der Waals surface area contributed by atoms with Gasteiger partial charge in [-0.05, 0) is 38.5 Å². The van der Waals surface area contributed by atoms with E-state index >= 15 is 0 Å². The molecule has 2 saturated heterocycles. The second-order valence-corrected chi connectivity index (χ2v) is 6.83. The monoisotopic (exact) mass is 354 g/mol. The van der Waals surface area contributed by atoms with Crippen LogP contribution >= 0.6 is 0 Å². The van der Waals surface area contributed by atoms with Gasteiger partial charge in [-0.1, -0.05) is 13.3 Å². The molecule has 8 heteroatoms. The molecule has 142 valence electrons. The zero-order valence-corrected chi connectivity index (χ0v) is 15.1. The Bertz CT molecular complexity index is 479. The van der Waals surface area contributed by atoms with Gasteiger partial charge in [0, 0.05) is 26.2 Å². The van der Waals surface area contributed by atoms with Gasteiger partial charge in [0.1, 0.15) is 12.6 Å². The molecule has 4 amide bonds. The number of nitrogens with zero attached hydrogens (tertiary/aromatic N) is 3. The quantitative estimate of drug-likeness (QED) is 0.553. The number of likely N-dealkylation sites (tertiary alicyclic amines) is 2. The Morgan fingerprint density at radius 2 is 1.84 bits per heavy atom. The molecule has 0 aromatic heterocycles. The Labute approximate surface area is 149 Å². The van der Waals surface area contributed by atoms with Crippen molar-refractivity contribution in [2.45, 2.75) is 57.9 Å². The highest BCUT2D eigenvalue weighted by Crippen LogP contribution is 2.23. The van der Waals surface area contributed by atoms with E-state index in [1.54, 1.807) is 10.4 Å². The van der Waals surface area contributed by atoms with Crippen LogP contribution in [0.3, 0.4) is 0 Å². The molecule has 2 heterocycles. The molecule has 1 atom stereocenters. The summed E-state index contributed by atoms with van der Waals surface area (Å²) in [5.74, 6) is -0.588. The number of hydrogen-bond donors (Lipinski definition) is 2. The minimum atomic E-state index is -0.623. The zero-order chi connectivity index (χ0) is 18.2. The molecule has 25 heavy (non-hydrogen) atoms. The highest BCUT2D eigenvalue weighted by molar-refractivity contribution is 5.89.